The smallest absolute Gasteiger partial charge is 0.329 e. The molecule has 0 radical (unpaired) electrons. The van der Waals surface area contributed by atoms with Crippen LogP contribution in [0.3, 0.4) is 0 Å². The number of carbonyl (C=O) groups excluding carboxylic acids is 1. The van der Waals surface area contributed by atoms with Crippen molar-refractivity contribution in [3.63, 3.8) is 0 Å². The van der Waals surface area contributed by atoms with Gasteiger partial charge in [-0.1, -0.05) is 25.7 Å². The van der Waals surface area contributed by atoms with E-state index in [0.29, 0.717) is 32.1 Å². The molecule has 20 heavy (non-hydrogen) atoms. The first-order valence-electron chi connectivity index (χ1n) is 7.53. The molecule has 2 saturated carbocycles. The molecule has 2 rings (SSSR count). The van der Waals surface area contributed by atoms with Gasteiger partial charge in [0.25, 0.3) is 0 Å². The zero-order chi connectivity index (χ0) is 14.4. The zero-order valence-electron chi connectivity index (χ0n) is 11.8. The number of hydrogen-bond acceptors (Lipinski definition) is 3. The van der Waals surface area contributed by atoms with Crippen LogP contribution in [0, 0.1) is 0 Å². The molecule has 6 heteroatoms. The fraction of sp³-hybridized carbons (Fsp3) is 0.857. The highest BCUT2D eigenvalue weighted by atomic mass is 16.5. The van der Waals surface area contributed by atoms with Crippen LogP contribution in [0.4, 0.5) is 4.79 Å². The number of carboxylic acid groups (broad SMARTS) is 1. The average Bonchev–Trinajstić information content (AvgIpc) is 3.06. The van der Waals surface area contributed by atoms with E-state index in [1.54, 1.807) is 0 Å². The number of carbonyl (C=O) groups is 2. The minimum absolute atomic E-state index is 0.333. The first-order valence-corrected chi connectivity index (χ1v) is 7.53. The lowest BCUT2D eigenvalue weighted by Gasteiger charge is -2.25. The van der Waals surface area contributed by atoms with E-state index in [-0.39, 0.29) is 0 Å². The van der Waals surface area contributed by atoms with E-state index in [1.807, 2.05) is 0 Å². The zero-order valence-corrected chi connectivity index (χ0v) is 11.8. The number of aliphatic carboxylic acids is 1. The van der Waals surface area contributed by atoms with Gasteiger partial charge >= 0.3 is 12.0 Å². The van der Waals surface area contributed by atoms with E-state index in [1.165, 1.54) is 12.8 Å². The average molecular weight is 284 g/mol. The lowest BCUT2D eigenvalue weighted by atomic mass is 9.98. The van der Waals surface area contributed by atoms with Crippen LogP contribution in [-0.2, 0) is 9.53 Å². The van der Waals surface area contributed by atoms with Gasteiger partial charge in [0.1, 0.15) is 5.54 Å². The number of amides is 2. The Morgan fingerprint density at radius 3 is 2.40 bits per heavy atom. The van der Waals surface area contributed by atoms with Gasteiger partial charge in [-0.25, -0.2) is 9.59 Å². The Morgan fingerprint density at radius 2 is 1.80 bits per heavy atom. The standard InChI is InChI=1S/C14H24N2O4/c17-12(18)14(7-3-4-8-14)16-13(19)15-9-10-20-11-5-1-2-6-11/h11H,1-10H2,(H,17,18)(H2,15,16,19). The van der Waals surface area contributed by atoms with E-state index in [9.17, 15) is 14.7 Å². The van der Waals surface area contributed by atoms with Gasteiger partial charge < -0.3 is 20.5 Å². The summed E-state index contributed by atoms with van der Waals surface area (Å²) in [4.78, 5) is 23.1. The third-order valence-electron chi connectivity index (χ3n) is 4.26. The lowest BCUT2D eigenvalue weighted by molar-refractivity contribution is -0.144. The van der Waals surface area contributed by atoms with Crippen molar-refractivity contribution in [1.82, 2.24) is 10.6 Å². The van der Waals surface area contributed by atoms with Gasteiger partial charge in [-0.2, -0.15) is 0 Å². The van der Waals surface area contributed by atoms with Gasteiger partial charge in [0.15, 0.2) is 0 Å². The topological polar surface area (TPSA) is 87.7 Å². The Hall–Kier alpha value is -1.30. The summed E-state index contributed by atoms with van der Waals surface area (Å²) in [6.45, 7) is 0.899. The highest BCUT2D eigenvalue weighted by Gasteiger charge is 2.42. The third-order valence-corrected chi connectivity index (χ3v) is 4.26. The Bertz CT molecular complexity index is 347. The van der Waals surface area contributed by atoms with Crippen LogP contribution in [0.2, 0.25) is 0 Å². The molecule has 0 atom stereocenters. The second kappa shape index (κ2) is 6.92. The summed E-state index contributed by atoms with van der Waals surface area (Å²) in [5.74, 6) is -0.938. The van der Waals surface area contributed by atoms with E-state index in [2.05, 4.69) is 10.6 Å². The first-order chi connectivity index (χ1) is 9.62. The molecule has 6 nitrogen and oxygen atoms in total. The molecule has 2 amide bonds. The Balaban J connectivity index is 1.65. The summed E-state index contributed by atoms with van der Waals surface area (Å²) in [7, 11) is 0. The number of carboxylic acids is 1. The molecule has 0 aromatic heterocycles. The predicted molar refractivity (Wildman–Crippen MR) is 73.6 cm³/mol. The van der Waals surface area contributed by atoms with E-state index in [0.717, 1.165) is 25.7 Å². The number of urea groups is 1. The molecule has 0 bridgehead atoms. The van der Waals surface area contributed by atoms with Crippen molar-refractivity contribution in [2.24, 2.45) is 0 Å². The molecular weight excluding hydrogens is 260 g/mol. The molecule has 0 aliphatic heterocycles. The van der Waals surface area contributed by atoms with Gasteiger partial charge in [-0.3, -0.25) is 0 Å². The maximum atomic E-state index is 11.8. The summed E-state index contributed by atoms with van der Waals surface area (Å²) in [6.07, 6.45) is 7.69. The summed E-state index contributed by atoms with van der Waals surface area (Å²) in [5, 5.41) is 14.6. The van der Waals surface area contributed by atoms with Gasteiger partial charge in [-0.15, -0.1) is 0 Å². The van der Waals surface area contributed by atoms with Crippen molar-refractivity contribution in [2.75, 3.05) is 13.2 Å². The van der Waals surface area contributed by atoms with Crippen molar-refractivity contribution in [3.8, 4) is 0 Å². The van der Waals surface area contributed by atoms with Crippen LogP contribution >= 0.6 is 0 Å². The summed E-state index contributed by atoms with van der Waals surface area (Å²) in [6, 6.07) is -0.413. The molecule has 3 N–H and O–H groups in total. The van der Waals surface area contributed by atoms with Crippen molar-refractivity contribution < 1.29 is 19.4 Å². The van der Waals surface area contributed by atoms with Gasteiger partial charge in [0.2, 0.25) is 0 Å². The summed E-state index contributed by atoms with van der Waals surface area (Å²) < 4.78 is 5.64. The fourth-order valence-corrected chi connectivity index (χ4v) is 3.08. The second-order valence-corrected chi connectivity index (χ2v) is 5.75. The lowest BCUT2D eigenvalue weighted by Crippen LogP contribution is -2.55. The van der Waals surface area contributed by atoms with E-state index >= 15 is 0 Å². The molecule has 0 aromatic carbocycles. The van der Waals surface area contributed by atoms with Crippen molar-refractivity contribution in [2.45, 2.75) is 63.0 Å². The fourth-order valence-electron chi connectivity index (χ4n) is 3.08. The molecule has 0 heterocycles. The largest absolute Gasteiger partial charge is 0.480 e. The Morgan fingerprint density at radius 1 is 1.15 bits per heavy atom. The highest BCUT2D eigenvalue weighted by molar-refractivity contribution is 5.86. The molecule has 114 valence electrons. The molecular formula is C14H24N2O4. The monoisotopic (exact) mass is 284 g/mol. The van der Waals surface area contributed by atoms with Crippen LogP contribution in [0.5, 0.6) is 0 Å². The SMILES string of the molecule is O=C(NCCOC1CCCC1)NC1(C(=O)O)CCCC1. The van der Waals surface area contributed by atoms with Crippen LogP contribution in [0.1, 0.15) is 51.4 Å². The number of ether oxygens (including phenoxy) is 1. The Labute approximate surface area is 119 Å². The Kier molecular flexibility index (Phi) is 5.23. The molecule has 2 aliphatic rings. The quantitative estimate of drug-likeness (QED) is 0.647. The molecule has 0 saturated heterocycles. The first kappa shape index (κ1) is 15.1. The normalized spacial score (nSPS) is 21.8. The van der Waals surface area contributed by atoms with Crippen LogP contribution in [0.25, 0.3) is 0 Å². The molecule has 2 fully saturated rings. The van der Waals surface area contributed by atoms with E-state index < -0.39 is 17.5 Å². The minimum Gasteiger partial charge on any atom is -0.480 e. The molecule has 2 aliphatic carbocycles. The van der Waals surface area contributed by atoms with Crippen LogP contribution in [-0.4, -0.2) is 41.9 Å². The van der Waals surface area contributed by atoms with Gasteiger partial charge in [-0.05, 0) is 25.7 Å². The van der Waals surface area contributed by atoms with Crippen molar-refractivity contribution in [1.29, 1.82) is 0 Å². The van der Waals surface area contributed by atoms with Crippen molar-refractivity contribution in [3.05, 3.63) is 0 Å². The van der Waals surface area contributed by atoms with Crippen molar-refractivity contribution >= 4 is 12.0 Å². The maximum absolute atomic E-state index is 11.8. The summed E-state index contributed by atoms with van der Waals surface area (Å²) in [5.41, 5.74) is -1.07. The van der Waals surface area contributed by atoms with Gasteiger partial charge in [0.05, 0.1) is 12.7 Å². The maximum Gasteiger partial charge on any atom is 0.329 e. The summed E-state index contributed by atoms with van der Waals surface area (Å²) >= 11 is 0. The van der Waals surface area contributed by atoms with Crippen LogP contribution < -0.4 is 10.6 Å². The number of rotatable bonds is 6. The highest BCUT2D eigenvalue weighted by Crippen LogP contribution is 2.29. The molecule has 0 spiro atoms. The number of hydrogen-bond donors (Lipinski definition) is 3. The second-order valence-electron chi connectivity index (χ2n) is 5.75. The van der Waals surface area contributed by atoms with E-state index in [4.69, 9.17) is 4.74 Å². The van der Waals surface area contributed by atoms with Gasteiger partial charge in [0, 0.05) is 6.54 Å². The minimum atomic E-state index is -1.07. The number of nitrogens with one attached hydrogen (secondary N) is 2. The third kappa shape index (κ3) is 3.85. The molecule has 0 aromatic rings. The predicted octanol–water partition coefficient (Wildman–Crippen LogP) is 1.64. The van der Waals surface area contributed by atoms with Crippen LogP contribution in [0.15, 0.2) is 0 Å². The molecule has 0 unspecified atom stereocenters.